The first-order valence-electron chi connectivity index (χ1n) is 8.80. The standard InChI is InChI=1S/C21H30O3Si/c1-21(2,3)25(4,5)24-19-14-10-9-13-17(19)15-18(22)20(23)16-11-7-6-8-12-16/h6-14,18,20,22-23H,15H2,1-5H3/t18-,20-/m0/s1. The highest BCUT2D eigenvalue weighted by molar-refractivity contribution is 6.74. The molecule has 0 aromatic heterocycles. The Labute approximate surface area is 152 Å². The number of hydrogen-bond donors (Lipinski definition) is 2. The van der Waals surface area contributed by atoms with E-state index in [1.54, 1.807) is 0 Å². The third-order valence-electron chi connectivity index (χ3n) is 5.08. The maximum absolute atomic E-state index is 10.5. The zero-order valence-electron chi connectivity index (χ0n) is 15.9. The molecule has 0 bridgehead atoms. The quantitative estimate of drug-likeness (QED) is 0.735. The van der Waals surface area contributed by atoms with E-state index in [2.05, 4.69) is 33.9 Å². The molecule has 0 aliphatic heterocycles. The lowest BCUT2D eigenvalue weighted by Crippen LogP contribution is -2.44. The predicted molar refractivity (Wildman–Crippen MR) is 105 cm³/mol. The van der Waals surface area contributed by atoms with Crippen LogP contribution in [0.2, 0.25) is 18.1 Å². The van der Waals surface area contributed by atoms with Gasteiger partial charge in [0, 0.05) is 6.42 Å². The molecule has 0 saturated heterocycles. The van der Waals surface area contributed by atoms with Crippen LogP contribution < -0.4 is 4.43 Å². The second-order valence-electron chi connectivity index (χ2n) is 8.10. The molecule has 0 heterocycles. The minimum atomic E-state index is -1.96. The first-order valence-corrected chi connectivity index (χ1v) is 11.7. The molecule has 3 nitrogen and oxygen atoms in total. The Balaban J connectivity index is 2.18. The Hall–Kier alpha value is -1.62. The zero-order valence-corrected chi connectivity index (χ0v) is 16.9. The smallest absolute Gasteiger partial charge is 0.250 e. The summed E-state index contributed by atoms with van der Waals surface area (Å²) in [7, 11) is -1.96. The summed E-state index contributed by atoms with van der Waals surface area (Å²) in [5.41, 5.74) is 1.65. The minimum absolute atomic E-state index is 0.0995. The van der Waals surface area contributed by atoms with Crippen LogP contribution in [0.4, 0.5) is 0 Å². The highest BCUT2D eigenvalue weighted by Gasteiger charge is 2.39. The number of rotatable bonds is 6. The van der Waals surface area contributed by atoms with E-state index in [0.717, 1.165) is 16.9 Å². The van der Waals surface area contributed by atoms with Crippen molar-refractivity contribution in [3.63, 3.8) is 0 Å². The molecule has 0 aliphatic rings. The summed E-state index contributed by atoms with van der Waals surface area (Å²) in [6, 6.07) is 17.1. The molecular weight excluding hydrogens is 328 g/mol. The van der Waals surface area contributed by atoms with Gasteiger partial charge in [0.25, 0.3) is 0 Å². The summed E-state index contributed by atoms with van der Waals surface area (Å²) in [4.78, 5) is 0. The van der Waals surface area contributed by atoms with Crippen molar-refractivity contribution >= 4 is 8.32 Å². The van der Waals surface area contributed by atoms with E-state index in [9.17, 15) is 10.2 Å². The topological polar surface area (TPSA) is 49.7 Å². The van der Waals surface area contributed by atoms with Gasteiger partial charge in [0.1, 0.15) is 11.9 Å². The number of hydrogen-bond acceptors (Lipinski definition) is 3. The van der Waals surface area contributed by atoms with E-state index in [-0.39, 0.29) is 5.04 Å². The Kier molecular flexibility index (Phi) is 6.09. The van der Waals surface area contributed by atoms with Crippen molar-refractivity contribution in [2.24, 2.45) is 0 Å². The summed E-state index contributed by atoms with van der Waals surface area (Å²) in [6.45, 7) is 11.0. The lowest BCUT2D eigenvalue weighted by Gasteiger charge is -2.37. The fraction of sp³-hybridized carbons (Fsp3) is 0.429. The summed E-state index contributed by atoms with van der Waals surface area (Å²) in [6.07, 6.45) is -1.45. The Morgan fingerprint density at radius 1 is 0.920 bits per heavy atom. The number of para-hydroxylation sites is 1. The van der Waals surface area contributed by atoms with Crippen LogP contribution >= 0.6 is 0 Å². The molecule has 0 saturated carbocycles. The van der Waals surface area contributed by atoms with E-state index in [1.807, 2.05) is 54.6 Å². The molecule has 2 aromatic carbocycles. The van der Waals surface area contributed by atoms with Crippen molar-refractivity contribution in [3.8, 4) is 5.75 Å². The normalized spacial score (nSPS) is 14.8. The van der Waals surface area contributed by atoms with Crippen molar-refractivity contribution in [3.05, 3.63) is 65.7 Å². The van der Waals surface area contributed by atoms with E-state index >= 15 is 0 Å². The minimum Gasteiger partial charge on any atom is -0.543 e. The van der Waals surface area contributed by atoms with Gasteiger partial charge in [-0.3, -0.25) is 0 Å². The molecule has 2 rings (SSSR count). The molecule has 2 N–H and O–H groups in total. The molecule has 0 aliphatic carbocycles. The van der Waals surface area contributed by atoms with Gasteiger partial charge in [-0.2, -0.15) is 0 Å². The van der Waals surface area contributed by atoms with Crippen LogP contribution in [0, 0.1) is 0 Å². The fourth-order valence-electron chi connectivity index (χ4n) is 2.41. The van der Waals surface area contributed by atoms with Crippen LogP contribution in [-0.2, 0) is 6.42 Å². The Morgan fingerprint density at radius 3 is 2.08 bits per heavy atom. The predicted octanol–water partition coefficient (Wildman–Crippen LogP) is 4.71. The second-order valence-corrected chi connectivity index (χ2v) is 12.8. The fourth-order valence-corrected chi connectivity index (χ4v) is 3.46. The second kappa shape index (κ2) is 7.73. The van der Waals surface area contributed by atoms with Gasteiger partial charge in [0.15, 0.2) is 0 Å². The molecule has 2 atom stereocenters. The third-order valence-corrected chi connectivity index (χ3v) is 9.42. The van der Waals surface area contributed by atoms with E-state index < -0.39 is 20.5 Å². The van der Waals surface area contributed by atoms with Gasteiger partial charge in [-0.15, -0.1) is 0 Å². The summed E-state index contributed by atoms with van der Waals surface area (Å²) < 4.78 is 6.43. The van der Waals surface area contributed by atoms with Crippen LogP contribution in [0.15, 0.2) is 54.6 Å². The molecule has 0 amide bonds. The average molecular weight is 359 g/mol. The van der Waals surface area contributed by atoms with Crippen molar-refractivity contribution in [2.45, 2.75) is 57.5 Å². The summed E-state index contributed by atoms with van der Waals surface area (Å²) >= 11 is 0. The largest absolute Gasteiger partial charge is 0.543 e. The van der Waals surface area contributed by atoms with Gasteiger partial charge in [-0.1, -0.05) is 69.3 Å². The Morgan fingerprint density at radius 2 is 1.48 bits per heavy atom. The molecule has 0 fully saturated rings. The average Bonchev–Trinajstić information content (AvgIpc) is 2.55. The van der Waals surface area contributed by atoms with Gasteiger partial charge >= 0.3 is 0 Å². The summed E-state index contributed by atoms with van der Waals surface area (Å²) in [5, 5.41) is 21.0. The van der Waals surface area contributed by atoms with Crippen molar-refractivity contribution in [1.82, 2.24) is 0 Å². The first-order chi connectivity index (χ1) is 11.6. The van der Waals surface area contributed by atoms with Gasteiger partial charge in [0.2, 0.25) is 8.32 Å². The maximum atomic E-state index is 10.5. The first kappa shape index (κ1) is 19.7. The van der Waals surface area contributed by atoms with Crippen molar-refractivity contribution in [1.29, 1.82) is 0 Å². The van der Waals surface area contributed by atoms with Crippen LogP contribution in [-0.4, -0.2) is 24.6 Å². The number of aliphatic hydroxyl groups is 2. The molecular formula is C21H30O3Si. The third kappa shape index (κ3) is 4.94. The maximum Gasteiger partial charge on any atom is 0.250 e. The van der Waals surface area contributed by atoms with Crippen molar-refractivity contribution in [2.75, 3.05) is 0 Å². The molecule has 4 heteroatoms. The number of aliphatic hydroxyl groups excluding tert-OH is 2. The Bertz CT molecular complexity index is 677. The number of benzene rings is 2. The lowest BCUT2D eigenvalue weighted by atomic mass is 9.98. The highest BCUT2D eigenvalue weighted by atomic mass is 28.4. The van der Waals surface area contributed by atoms with Crippen LogP contribution in [0.5, 0.6) is 5.75 Å². The summed E-state index contributed by atoms with van der Waals surface area (Å²) in [5.74, 6) is 0.813. The molecule has 25 heavy (non-hydrogen) atoms. The molecule has 0 spiro atoms. The lowest BCUT2D eigenvalue weighted by molar-refractivity contribution is 0.0187. The van der Waals surface area contributed by atoms with Crippen LogP contribution in [0.3, 0.4) is 0 Å². The molecule has 0 radical (unpaired) electrons. The monoisotopic (exact) mass is 358 g/mol. The van der Waals surface area contributed by atoms with E-state index in [0.29, 0.717) is 6.42 Å². The van der Waals surface area contributed by atoms with Crippen molar-refractivity contribution < 1.29 is 14.6 Å². The van der Waals surface area contributed by atoms with Gasteiger partial charge in [-0.05, 0) is 35.3 Å². The van der Waals surface area contributed by atoms with E-state index in [4.69, 9.17) is 4.43 Å². The van der Waals surface area contributed by atoms with Gasteiger partial charge in [0.05, 0.1) is 6.10 Å². The molecule has 2 aromatic rings. The van der Waals surface area contributed by atoms with Crippen LogP contribution in [0.25, 0.3) is 0 Å². The van der Waals surface area contributed by atoms with Gasteiger partial charge < -0.3 is 14.6 Å². The zero-order chi connectivity index (χ0) is 18.7. The highest BCUT2D eigenvalue weighted by Crippen LogP contribution is 2.38. The SMILES string of the molecule is CC(C)(C)[Si](C)(C)Oc1ccccc1C[C@H](O)[C@@H](O)c1ccccc1. The van der Waals surface area contributed by atoms with E-state index in [1.165, 1.54) is 0 Å². The van der Waals surface area contributed by atoms with Crippen LogP contribution in [0.1, 0.15) is 38.0 Å². The molecule has 0 unspecified atom stereocenters. The van der Waals surface area contributed by atoms with Gasteiger partial charge in [-0.25, -0.2) is 0 Å². The molecule has 136 valence electrons.